The largest absolute Gasteiger partial charge is 0.468 e. The minimum Gasteiger partial charge on any atom is -0.468 e. The number of piperidine rings is 1. The van der Waals surface area contributed by atoms with Crippen molar-refractivity contribution in [2.75, 3.05) is 26.2 Å². The minimum absolute atomic E-state index is 0.0463. The van der Waals surface area contributed by atoms with Crippen molar-refractivity contribution in [2.24, 2.45) is 5.92 Å². The summed E-state index contributed by atoms with van der Waals surface area (Å²) in [5.74, 6) is 1.55. The lowest BCUT2D eigenvalue weighted by atomic mass is 9.98. The molecule has 112 valence electrons. The van der Waals surface area contributed by atoms with Crippen LogP contribution in [0.15, 0.2) is 22.8 Å². The third-order valence-electron chi connectivity index (χ3n) is 3.65. The molecule has 0 unspecified atom stereocenters. The van der Waals surface area contributed by atoms with Crippen LogP contribution in [0.2, 0.25) is 0 Å². The molecule has 2 rings (SSSR count). The molecule has 1 aromatic rings. The van der Waals surface area contributed by atoms with E-state index in [2.05, 4.69) is 15.5 Å². The highest BCUT2D eigenvalue weighted by atomic mass is 16.3. The van der Waals surface area contributed by atoms with Gasteiger partial charge in [-0.25, -0.2) is 4.79 Å². The Bertz CT molecular complexity index is 392. The molecule has 5 heteroatoms. The van der Waals surface area contributed by atoms with E-state index < -0.39 is 0 Å². The summed E-state index contributed by atoms with van der Waals surface area (Å²) < 4.78 is 5.39. The van der Waals surface area contributed by atoms with Crippen molar-refractivity contribution in [1.82, 2.24) is 15.5 Å². The fraction of sp³-hybridized carbons (Fsp3) is 0.667. The Balaban J connectivity index is 1.69. The highest BCUT2D eigenvalue weighted by molar-refractivity contribution is 5.73. The van der Waals surface area contributed by atoms with Gasteiger partial charge in [-0.15, -0.1) is 0 Å². The van der Waals surface area contributed by atoms with Gasteiger partial charge in [-0.3, -0.25) is 4.90 Å². The van der Waals surface area contributed by atoms with Crippen LogP contribution in [0.1, 0.15) is 31.9 Å². The summed E-state index contributed by atoms with van der Waals surface area (Å²) in [4.78, 5) is 13.9. The van der Waals surface area contributed by atoms with E-state index in [1.165, 1.54) is 12.8 Å². The van der Waals surface area contributed by atoms with Crippen molar-refractivity contribution < 1.29 is 9.21 Å². The average molecular weight is 279 g/mol. The number of hydrogen-bond acceptors (Lipinski definition) is 3. The second-order valence-electron chi connectivity index (χ2n) is 5.46. The van der Waals surface area contributed by atoms with Gasteiger partial charge < -0.3 is 15.1 Å². The van der Waals surface area contributed by atoms with E-state index >= 15 is 0 Å². The Labute approximate surface area is 120 Å². The standard InChI is InChI=1S/C15H25N3O2/c1-2-7-16-15(19)17-10-13-5-3-8-18(11-13)12-14-6-4-9-20-14/h4,6,9,13H,2-3,5,7-8,10-12H2,1H3,(H2,16,17,19)/t13-/m1/s1. The van der Waals surface area contributed by atoms with Crippen LogP contribution in [0.25, 0.3) is 0 Å². The van der Waals surface area contributed by atoms with Crippen LogP contribution in [-0.2, 0) is 6.54 Å². The lowest BCUT2D eigenvalue weighted by molar-refractivity contribution is 0.155. The van der Waals surface area contributed by atoms with Crippen molar-refractivity contribution in [2.45, 2.75) is 32.7 Å². The van der Waals surface area contributed by atoms with Gasteiger partial charge >= 0.3 is 6.03 Å². The van der Waals surface area contributed by atoms with Gasteiger partial charge in [0.25, 0.3) is 0 Å². The maximum absolute atomic E-state index is 11.5. The molecule has 0 saturated carbocycles. The molecule has 2 N–H and O–H groups in total. The lowest BCUT2D eigenvalue weighted by Gasteiger charge is -2.32. The van der Waals surface area contributed by atoms with Gasteiger partial charge in [0.15, 0.2) is 0 Å². The molecule has 0 bridgehead atoms. The van der Waals surface area contributed by atoms with E-state index in [9.17, 15) is 4.79 Å². The second-order valence-corrected chi connectivity index (χ2v) is 5.46. The predicted octanol–water partition coefficient (Wildman–Crippen LogP) is 2.20. The minimum atomic E-state index is -0.0463. The van der Waals surface area contributed by atoms with Crippen LogP contribution < -0.4 is 10.6 Å². The number of rotatable bonds is 6. The molecule has 0 radical (unpaired) electrons. The van der Waals surface area contributed by atoms with Crippen molar-refractivity contribution in [3.05, 3.63) is 24.2 Å². The van der Waals surface area contributed by atoms with Crippen molar-refractivity contribution in [3.63, 3.8) is 0 Å². The molecule has 2 heterocycles. The molecule has 0 aromatic carbocycles. The highest BCUT2D eigenvalue weighted by Crippen LogP contribution is 2.18. The zero-order valence-corrected chi connectivity index (χ0v) is 12.2. The molecule has 5 nitrogen and oxygen atoms in total. The highest BCUT2D eigenvalue weighted by Gasteiger charge is 2.20. The van der Waals surface area contributed by atoms with Gasteiger partial charge in [-0.1, -0.05) is 6.92 Å². The number of carbonyl (C=O) groups is 1. The summed E-state index contributed by atoms with van der Waals surface area (Å²) >= 11 is 0. The van der Waals surface area contributed by atoms with Crippen LogP contribution in [0.4, 0.5) is 4.79 Å². The second kappa shape index (κ2) is 7.94. The number of likely N-dealkylation sites (tertiary alicyclic amines) is 1. The van der Waals surface area contributed by atoms with E-state index in [0.717, 1.165) is 44.9 Å². The molecule has 1 aliphatic rings. The van der Waals surface area contributed by atoms with Crippen LogP contribution in [0, 0.1) is 5.92 Å². The van der Waals surface area contributed by atoms with E-state index in [1.807, 2.05) is 19.1 Å². The van der Waals surface area contributed by atoms with Crippen LogP contribution >= 0.6 is 0 Å². The predicted molar refractivity (Wildman–Crippen MR) is 78.4 cm³/mol. The maximum atomic E-state index is 11.5. The monoisotopic (exact) mass is 279 g/mol. The number of amides is 2. The van der Waals surface area contributed by atoms with E-state index in [1.54, 1.807) is 6.26 Å². The number of carbonyl (C=O) groups excluding carboxylic acids is 1. The first-order chi connectivity index (χ1) is 9.78. The molecule has 1 atom stereocenters. The Morgan fingerprint density at radius 3 is 3.15 bits per heavy atom. The van der Waals surface area contributed by atoms with E-state index in [0.29, 0.717) is 5.92 Å². The topological polar surface area (TPSA) is 57.5 Å². The fourth-order valence-electron chi connectivity index (χ4n) is 2.62. The molecule has 1 saturated heterocycles. The first-order valence-corrected chi connectivity index (χ1v) is 7.54. The van der Waals surface area contributed by atoms with E-state index in [4.69, 9.17) is 4.42 Å². The molecule has 0 spiro atoms. The summed E-state index contributed by atoms with van der Waals surface area (Å²) in [6, 6.07) is 3.89. The van der Waals surface area contributed by atoms with Gasteiger partial charge in [-0.05, 0) is 43.9 Å². The zero-order valence-electron chi connectivity index (χ0n) is 12.2. The Morgan fingerprint density at radius 1 is 1.50 bits per heavy atom. The molecule has 20 heavy (non-hydrogen) atoms. The first-order valence-electron chi connectivity index (χ1n) is 7.54. The third kappa shape index (κ3) is 4.89. The first kappa shape index (κ1) is 14.9. The van der Waals surface area contributed by atoms with Gasteiger partial charge in [0.05, 0.1) is 12.8 Å². The summed E-state index contributed by atoms with van der Waals surface area (Å²) in [6.45, 7) is 6.54. The molecular formula is C15H25N3O2. The fourth-order valence-corrected chi connectivity index (χ4v) is 2.62. The Hall–Kier alpha value is -1.49. The zero-order chi connectivity index (χ0) is 14.2. The van der Waals surface area contributed by atoms with Crippen molar-refractivity contribution in [1.29, 1.82) is 0 Å². The maximum Gasteiger partial charge on any atom is 0.314 e. The average Bonchev–Trinajstić information content (AvgIpc) is 2.96. The summed E-state index contributed by atoms with van der Waals surface area (Å²) in [6.07, 6.45) is 5.05. The van der Waals surface area contributed by atoms with Crippen molar-refractivity contribution in [3.8, 4) is 0 Å². The number of urea groups is 1. The smallest absolute Gasteiger partial charge is 0.314 e. The molecule has 2 amide bonds. The van der Waals surface area contributed by atoms with Crippen LogP contribution in [0.3, 0.4) is 0 Å². The van der Waals surface area contributed by atoms with Crippen molar-refractivity contribution >= 4 is 6.03 Å². The number of nitrogens with one attached hydrogen (secondary N) is 2. The summed E-state index contributed by atoms with van der Waals surface area (Å²) in [7, 11) is 0. The van der Waals surface area contributed by atoms with Gasteiger partial charge in [0, 0.05) is 19.6 Å². The molecular weight excluding hydrogens is 254 g/mol. The molecule has 1 aliphatic heterocycles. The van der Waals surface area contributed by atoms with E-state index in [-0.39, 0.29) is 6.03 Å². The van der Waals surface area contributed by atoms with Crippen LogP contribution in [-0.4, -0.2) is 37.1 Å². The third-order valence-corrected chi connectivity index (χ3v) is 3.65. The molecule has 0 aliphatic carbocycles. The van der Waals surface area contributed by atoms with Crippen LogP contribution in [0.5, 0.6) is 0 Å². The summed E-state index contributed by atoms with van der Waals surface area (Å²) in [5, 5.41) is 5.81. The molecule has 1 aromatic heterocycles. The number of hydrogen-bond donors (Lipinski definition) is 2. The summed E-state index contributed by atoms with van der Waals surface area (Å²) in [5.41, 5.74) is 0. The Kier molecular flexibility index (Phi) is 5.92. The number of furan rings is 1. The Morgan fingerprint density at radius 2 is 2.40 bits per heavy atom. The van der Waals surface area contributed by atoms with Gasteiger partial charge in [-0.2, -0.15) is 0 Å². The SMILES string of the molecule is CCCNC(=O)NC[C@H]1CCCN(Cc2ccco2)C1. The number of nitrogens with zero attached hydrogens (tertiary/aromatic N) is 1. The lowest BCUT2D eigenvalue weighted by Crippen LogP contribution is -2.43. The normalized spacial score (nSPS) is 19.8. The van der Waals surface area contributed by atoms with Gasteiger partial charge in [0.2, 0.25) is 0 Å². The molecule has 1 fully saturated rings. The quantitative estimate of drug-likeness (QED) is 0.839. The van der Waals surface area contributed by atoms with Gasteiger partial charge in [0.1, 0.15) is 5.76 Å².